The molecule has 94 valence electrons. The monoisotopic (exact) mass is 250 g/mol. The number of alkyl halides is 3. The van der Waals surface area contributed by atoms with Crippen molar-refractivity contribution in [2.24, 2.45) is 5.84 Å². The number of halogens is 3. The number of aromatic nitrogens is 2. The molecule has 1 fully saturated rings. The number of hydrazine groups is 1. The number of nitrogen functional groups attached to an aromatic ring is 1. The summed E-state index contributed by atoms with van der Waals surface area (Å²) in [5.74, 6) is 3.37. The third-order valence-corrected chi connectivity index (χ3v) is 2.00. The minimum atomic E-state index is -4.65. The fourth-order valence-electron chi connectivity index (χ4n) is 1.14. The zero-order valence-corrected chi connectivity index (χ0v) is 8.49. The molecule has 17 heavy (non-hydrogen) atoms. The van der Waals surface area contributed by atoms with E-state index < -0.39 is 12.0 Å². The molecule has 0 unspecified atom stereocenters. The molecule has 2 rings (SSSR count). The van der Waals surface area contributed by atoms with Crippen LogP contribution in [0.1, 0.15) is 5.82 Å². The molecule has 0 spiro atoms. The van der Waals surface area contributed by atoms with Gasteiger partial charge in [0.1, 0.15) is 11.9 Å². The average molecular weight is 250 g/mol. The summed E-state index contributed by atoms with van der Waals surface area (Å²) in [6.45, 7) is 0.660. The summed E-state index contributed by atoms with van der Waals surface area (Å²) in [4.78, 5) is 6.46. The van der Waals surface area contributed by atoms with E-state index in [9.17, 15) is 13.2 Å². The molecule has 1 aromatic rings. The Labute approximate surface area is 93.9 Å². The van der Waals surface area contributed by atoms with Gasteiger partial charge in [0.2, 0.25) is 11.7 Å². The van der Waals surface area contributed by atoms with Gasteiger partial charge in [-0.3, -0.25) is 0 Å². The predicted octanol–water partition coefficient (Wildman–Crippen LogP) is 0.559. The van der Waals surface area contributed by atoms with Gasteiger partial charge >= 0.3 is 6.18 Å². The van der Waals surface area contributed by atoms with Crippen LogP contribution in [0.2, 0.25) is 0 Å². The summed E-state index contributed by atoms with van der Waals surface area (Å²) in [7, 11) is 0. The minimum Gasteiger partial charge on any atom is -0.469 e. The zero-order valence-electron chi connectivity index (χ0n) is 8.49. The molecule has 0 saturated carbocycles. The van der Waals surface area contributed by atoms with Gasteiger partial charge in [0, 0.05) is 6.07 Å². The quantitative estimate of drug-likeness (QED) is 0.602. The second-order valence-electron chi connectivity index (χ2n) is 3.33. The fraction of sp³-hybridized carbons (Fsp3) is 0.500. The molecule has 0 aliphatic carbocycles. The van der Waals surface area contributed by atoms with E-state index in [0.717, 1.165) is 0 Å². The van der Waals surface area contributed by atoms with E-state index in [1.54, 1.807) is 0 Å². The second kappa shape index (κ2) is 4.34. The summed E-state index contributed by atoms with van der Waals surface area (Å²) in [6, 6.07) is 1.19. The number of rotatable bonds is 3. The van der Waals surface area contributed by atoms with Crippen LogP contribution in [0, 0.1) is 0 Å². The van der Waals surface area contributed by atoms with E-state index in [1.807, 2.05) is 5.43 Å². The van der Waals surface area contributed by atoms with Crippen LogP contribution in [-0.4, -0.2) is 29.3 Å². The molecule has 1 aliphatic rings. The highest BCUT2D eigenvalue weighted by atomic mass is 19.4. The summed E-state index contributed by atoms with van der Waals surface area (Å²) in [6.07, 6.45) is -4.93. The SMILES string of the molecule is NNc1cc(OC2COC2)nc(C(F)(F)F)n1. The van der Waals surface area contributed by atoms with E-state index in [2.05, 4.69) is 9.97 Å². The van der Waals surface area contributed by atoms with Crippen molar-refractivity contribution in [2.75, 3.05) is 18.6 Å². The highest BCUT2D eigenvalue weighted by molar-refractivity contribution is 5.37. The standard InChI is InChI=1S/C8H9F3N4O2/c9-8(10,11)7-13-5(15-12)1-6(14-7)17-4-2-16-3-4/h1,4H,2-3,12H2,(H,13,14,15). The Morgan fingerprint density at radius 2 is 2.12 bits per heavy atom. The Kier molecular flexibility index (Phi) is 3.03. The van der Waals surface area contributed by atoms with Crippen molar-refractivity contribution in [1.82, 2.24) is 9.97 Å². The Hall–Kier alpha value is -1.61. The molecule has 0 amide bonds. The first kappa shape index (κ1) is 11.9. The third-order valence-electron chi connectivity index (χ3n) is 2.00. The van der Waals surface area contributed by atoms with Crippen molar-refractivity contribution in [1.29, 1.82) is 0 Å². The molecule has 0 bridgehead atoms. The van der Waals surface area contributed by atoms with E-state index in [4.69, 9.17) is 15.3 Å². The summed E-state index contributed by atoms with van der Waals surface area (Å²) in [5.41, 5.74) is 2.03. The first-order valence-electron chi connectivity index (χ1n) is 4.66. The second-order valence-corrected chi connectivity index (χ2v) is 3.33. The Balaban J connectivity index is 2.24. The van der Waals surface area contributed by atoms with Crippen LogP contribution in [0.4, 0.5) is 19.0 Å². The van der Waals surface area contributed by atoms with Crippen molar-refractivity contribution in [2.45, 2.75) is 12.3 Å². The van der Waals surface area contributed by atoms with Crippen LogP contribution in [0.15, 0.2) is 6.07 Å². The van der Waals surface area contributed by atoms with Crippen molar-refractivity contribution in [3.63, 3.8) is 0 Å². The lowest BCUT2D eigenvalue weighted by Crippen LogP contribution is -2.39. The Morgan fingerprint density at radius 1 is 1.41 bits per heavy atom. The van der Waals surface area contributed by atoms with Gasteiger partial charge in [-0.2, -0.15) is 18.2 Å². The number of nitrogens with one attached hydrogen (secondary N) is 1. The molecule has 1 aliphatic heterocycles. The molecule has 0 atom stereocenters. The van der Waals surface area contributed by atoms with E-state index in [0.29, 0.717) is 13.2 Å². The maximum atomic E-state index is 12.4. The first-order valence-corrected chi connectivity index (χ1v) is 4.66. The van der Waals surface area contributed by atoms with Gasteiger partial charge in [0.25, 0.3) is 0 Å². The van der Waals surface area contributed by atoms with Crippen LogP contribution >= 0.6 is 0 Å². The summed E-state index contributed by atoms with van der Waals surface area (Å²) in [5, 5.41) is 0. The van der Waals surface area contributed by atoms with E-state index in [-0.39, 0.29) is 17.8 Å². The van der Waals surface area contributed by atoms with Crippen LogP contribution in [-0.2, 0) is 10.9 Å². The zero-order chi connectivity index (χ0) is 12.5. The van der Waals surface area contributed by atoms with Gasteiger partial charge in [0.05, 0.1) is 13.2 Å². The lowest BCUT2D eigenvalue weighted by Gasteiger charge is -2.26. The van der Waals surface area contributed by atoms with E-state index in [1.165, 1.54) is 6.07 Å². The number of nitrogens with two attached hydrogens (primary N) is 1. The lowest BCUT2D eigenvalue weighted by molar-refractivity contribution is -0.145. The van der Waals surface area contributed by atoms with Crippen molar-refractivity contribution < 1.29 is 22.6 Å². The predicted molar refractivity (Wildman–Crippen MR) is 50.1 cm³/mol. The van der Waals surface area contributed by atoms with Crippen molar-refractivity contribution in [3.05, 3.63) is 11.9 Å². The lowest BCUT2D eigenvalue weighted by atomic mass is 10.3. The van der Waals surface area contributed by atoms with Crippen molar-refractivity contribution >= 4 is 5.82 Å². The van der Waals surface area contributed by atoms with Gasteiger partial charge in [-0.15, -0.1) is 0 Å². The normalized spacial score (nSPS) is 16.5. The molecule has 1 saturated heterocycles. The van der Waals surface area contributed by atoms with Crippen LogP contribution in [0.5, 0.6) is 5.88 Å². The van der Waals surface area contributed by atoms with Crippen LogP contribution < -0.4 is 16.0 Å². The molecule has 6 nitrogen and oxygen atoms in total. The number of hydrogen-bond donors (Lipinski definition) is 2. The highest BCUT2D eigenvalue weighted by Gasteiger charge is 2.36. The largest absolute Gasteiger partial charge is 0.469 e. The molecular weight excluding hydrogens is 241 g/mol. The molecule has 9 heteroatoms. The van der Waals surface area contributed by atoms with Gasteiger partial charge < -0.3 is 14.9 Å². The minimum absolute atomic E-state index is 0.164. The van der Waals surface area contributed by atoms with Gasteiger partial charge in [-0.25, -0.2) is 10.8 Å². The third kappa shape index (κ3) is 2.74. The van der Waals surface area contributed by atoms with Crippen LogP contribution in [0.3, 0.4) is 0 Å². The Bertz CT molecular complexity index is 408. The van der Waals surface area contributed by atoms with Gasteiger partial charge in [0.15, 0.2) is 0 Å². The average Bonchev–Trinajstić information content (AvgIpc) is 2.22. The van der Waals surface area contributed by atoms with Crippen molar-refractivity contribution in [3.8, 4) is 5.88 Å². The van der Waals surface area contributed by atoms with Gasteiger partial charge in [-0.05, 0) is 0 Å². The number of anilines is 1. The number of hydrogen-bond acceptors (Lipinski definition) is 6. The number of ether oxygens (including phenoxy) is 2. The van der Waals surface area contributed by atoms with Crippen LogP contribution in [0.25, 0.3) is 0 Å². The number of nitrogens with zero attached hydrogens (tertiary/aromatic N) is 2. The smallest absolute Gasteiger partial charge is 0.451 e. The van der Waals surface area contributed by atoms with E-state index >= 15 is 0 Å². The molecular formula is C8H9F3N4O2. The topological polar surface area (TPSA) is 82.3 Å². The molecule has 0 radical (unpaired) electrons. The maximum absolute atomic E-state index is 12.4. The molecule has 1 aromatic heterocycles. The summed E-state index contributed by atoms with van der Waals surface area (Å²) < 4.78 is 47.3. The maximum Gasteiger partial charge on any atom is 0.451 e. The molecule has 3 N–H and O–H groups in total. The Morgan fingerprint density at radius 3 is 2.59 bits per heavy atom. The fourth-order valence-corrected chi connectivity index (χ4v) is 1.14. The van der Waals surface area contributed by atoms with Gasteiger partial charge in [-0.1, -0.05) is 0 Å². The summed E-state index contributed by atoms with van der Waals surface area (Å²) >= 11 is 0. The molecule has 2 heterocycles. The highest BCUT2D eigenvalue weighted by Crippen LogP contribution is 2.29. The first-order chi connectivity index (χ1) is 7.99. The molecule has 0 aromatic carbocycles.